The molecule has 0 N–H and O–H groups in total. The van der Waals surface area contributed by atoms with Crippen molar-refractivity contribution in [2.24, 2.45) is 4.99 Å². The lowest BCUT2D eigenvalue weighted by Gasteiger charge is -2.58. The molecule has 1 aromatic rings. The fourth-order valence-electron chi connectivity index (χ4n) is 3.10. The highest BCUT2D eigenvalue weighted by atomic mass is 35.5. The van der Waals surface area contributed by atoms with Gasteiger partial charge >= 0.3 is 0 Å². The molecule has 2 aliphatic heterocycles. The van der Waals surface area contributed by atoms with E-state index in [1.54, 1.807) is 0 Å². The first-order valence-corrected chi connectivity index (χ1v) is 8.38. The summed E-state index contributed by atoms with van der Waals surface area (Å²) in [4.78, 5) is 11.0. The van der Waals surface area contributed by atoms with Crippen LogP contribution in [0.15, 0.2) is 29.3 Å². The number of hydrogen-bond donors (Lipinski definition) is 0. The Kier molecular flexibility index (Phi) is 3.79. The Hall–Kier alpha value is -1.10. The number of aliphatic imine (C=N–C) groups is 1. The van der Waals surface area contributed by atoms with Gasteiger partial charge < -0.3 is 4.74 Å². The van der Waals surface area contributed by atoms with Crippen LogP contribution in [0.5, 0.6) is 0 Å². The van der Waals surface area contributed by atoms with Crippen molar-refractivity contribution in [1.29, 1.82) is 0 Å². The summed E-state index contributed by atoms with van der Waals surface area (Å²) < 4.78 is 5.88. The van der Waals surface area contributed by atoms with Crippen LogP contribution in [0.1, 0.15) is 53.1 Å². The SMILES string of the molecule is CC1(C)COC([C@]2(C)ON(C(C)(C)C)[C@H]2c2ccc(Cl)cc2)=N1. The Morgan fingerprint density at radius 2 is 1.78 bits per heavy atom. The Labute approximate surface area is 143 Å². The number of ether oxygens (including phenoxy) is 1. The summed E-state index contributed by atoms with van der Waals surface area (Å²) in [6, 6.07) is 7.96. The molecule has 2 aliphatic rings. The van der Waals surface area contributed by atoms with E-state index < -0.39 is 5.60 Å². The Morgan fingerprint density at radius 3 is 2.26 bits per heavy atom. The zero-order valence-corrected chi connectivity index (χ0v) is 15.4. The molecule has 0 bridgehead atoms. The predicted molar refractivity (Wildman–Crippen MR) is 92.7 cm³/mol. The van der Waals surface area contributed by atoms with E-state index >= 15 is 0 Å². The number of benzene rings is 1. The van der Waals surface area contributed by atoms with Gasteiger partial charge in [-0.3, -0.25) is 4.84 Å². The molecule has 2 atom stereocenters. The molecule has 0 aromatic heterocycles. The van der Waals surface area contributed by atoms with E-state index in [1.165, 1.54) is 0 Å². The summed E-state index contributed by atoms with van der Waals surface area (Å²) in [5.74, 6) is 0.683. The standard InChI is InChI=1S/C18H25ClN2O2/c1-16(2,3)21-14(12-7-9-13(19)10-8-12)18(6,23-21)15-20-17(4,5)11-22-15/h7-10,14H,11H2,1-6H3/t14-,18+/m0/s1. The van der Waals surface area contributed by atoms with E-state index in [0.29, 0.717) is 12.5 Å². The number of rotatable bonds is 2. The molecule has 126 valence electrons. The van der Waals surface area contributed by atoms with Gasteiger partial charge in [-0.2, -0.15) is 5.06 Å². The summed E-state index contributed by atoms with van der Waals surface area (Å²) in [5, 5.41) is 2.75. The topological polar surface area (TPSA) is 34.1 Å². The van der Waals surface area contributed by atoms with E-state index in [0.717, 1.165) is 10.6 Å². The summed E-state index contributed by atoms with van der Waals surface area (Å²) in [6.45, 7) is 13.2. The summed E-state index contributed by atoms with van der Waals surface area (Å²) in [6.07, 6.45) is 0. The molecule has 23 heavy (non-hydrogen) atoms. The normalized spacial score (nSPS) is 30.6. The van der Waals surface area contributed by atoms with Gasteiger partial charge in [-0.25, -0.2) is 4.99 Å². The first kappa shape index (κ1) is 16.7. The highest BCUT2D eigenvalue weighted by Gasteiger charge is 2.61. The zero-order chi connectivity index (χ0) is 17.0. The molecular formula is C18H25ClN2O2. The van der Waals surface area contributed by atoms with Crippen LogP contribution in [0.25, 0.3) is 0 Å². The molecule has 2 heterocycles. The molecule has 1 fully saturated rings. The number of nitrogens with zero attached hydrogens (tertiary/aromatic N) is 2. The number of halogens is 1. The highest BCUT2D eigenvalue weighted by Crippen LogP contribution is 2.51. The van der Waals surface area contributed by atoms with Crippen molar-refractivity contribution in [3.63, 3.8) is 0 Å². The average molecular weight is 337 g/mol. The van der Waals surface area contributed by atoms with Crippen LogP contribution in [0.3, 0.4) is 0 Å². The van der Waals surface area contributed by atoms with E-state index in [4.69, 9.17) is 26.2 Å². The molecule has 1 saturated heterocycles. The van der Waals surface area contributed by atoms with Crippen molar-refractivity contribution in [2.45, 2.75) is 64.3 Å². The van der Waals surface area contributed by atoms with Crippen molar-refractivity contribution >= 4 is 17.5 Å². The van der Waals surface area contributed by atoms with Gasteiger partial charge in [0.15, 0.2) is 5.60 Å². The van der Waals surface area contributed by atoms with Crippen molar-refractivity contribution in [1.82, 2.24) is 5.06 Å². The van der Waals surface area contributed by atoms with Crippen LogP contribution in [-0.2, 0) is 9.57 Å². The molecule has 0 spiro atoms. The van der Waals surface area contributed by atoms with Gasteiger partial charge in [-0.05, 0) is 59.2 Å². The van der Waals surface area contributed by atoms with Gasteiger partial charge in [0.05, 0.1) is 5.54 Å². The third-order valence-corrected chi connectivity index (χ3v) is 4.53. The molecule has 0 unspecified atom stereocenters. The fraction of sp³-hybridized carbons (Fsp3) is 0.611. The molecule has 4 nitrogen and oxygen atoms in total. The second-order valence-corrected chi connectivity index (χ2v) is 8.60. The van der Waals surface area contributed by atoms with Crippen LogP contribution >= 0.6 is 11.6 Å². The van der Waals surface area contributed by atoms with Crippen LogP contribution in [0.4, 0.5) is 0 Å². The molecular weight excluding hydrogens is 312 g/mol. The smallest absolute Gasteiger partial charge is 0.221 e. The molecule has 0 aliphatic carbocycles. The van der Waals surface area contributed by atoms with Gasteiger partial charge in [0.25, 0.3) is 0 Å². The first-order valence-electron chi connectivity index (χ1n) is 8.00. The monoisotopic (exact) mass is 336 g/mol. The van der Waals surface area contributed by atoms with Gasteiger partial charge in [-0.1, -0.05) is 23.7 Å². The maximum absolute atomic E-state index is 6.21. The zero-order valence-electron chi connectivity index (χ0n) is 14.7. The summed E-state index contributed by atoms with van der Waals surface area (Å²) in [7, 11) is 0. The molecule has 0 saturated carbocycles. The van der Waals surface area contributed by atoms with Gasteiger partial charge in [0.2, 0.25) is 5.90 Å². The Balaban J connectivity index is 1.99. The van der Waals surface area contributed by atoms with Crippen molar-refractivity contribution in [2.75, 3.05) is 6.61 Å². The maximum Gasteiger partial charge on any atom is 0.221 e. The largest absolute Gasteiger partial charge is 0.476 e. The van der Waals surface area contributed by atoms with Gasteiger partial charge in [-0.15, -0.1) is 0 Å². The third-order valence-electron chi connectivity index (χ3n) is 4.28. The van der Waals surface area contributed by atoms with Crippen LogP contribution in [-0.4, -0.2) is 34.2 Å². The minimum atomic E-state index is -0.588. The van der Waals surface area contributed by atoms with Crippen LogP contribution in [0.2, 0.25) is 5.02 Å². The highest BCUT2D eigenvalue weighted by molar-refractivity contribution is 6.30. The fourth-order valence-corrected chi connectivity index (χ4v) is 3.22. The average Bonchev–Trinajstić information content (AvgIpc) is 2.78. The lowest BCUT2D eigenvalue weighted by atomic mass is 9.83. The van der Waals surface area contributed by atoms with E-state index in [2.05, 4.69) is 41.5 Å². The molecule has 3 rings (SSSR count). The third kappa shape index (κ3) is 2.88. The molecule has 5 heteroatoms. The minimum Gasteiger partial charge on any atom is -0.476 e. The molecule has 0 radical (unpaired) electrons. The summed E-state index contributed by atoms with van der Waals surface area (Å²) in [5.41, 5.74) is 0.232. The van der Waals surface area contributed by atoms with Crippen LogP contribution < -0.4 is 0 Å². The maximum atomic E-state index is 6.21. The molecule has 1 aromatic carbocycles. The van der Waals surface area contributed by atoms with Crippen molar-refractivity contribution in [3.05, 3.63) is 34.9 Å². The first-order chi connectivity index (χ1) is 10.5. The second kappa shape index (κ2) is 5.20. The lowest BCUT2D eigenvalue weighted by Crippen LogP contribution is -2.68. The van der Waals surface area contributed by atoms with E-state index in [-0.39, 0.29) is 17.1 Å². The van der Waals surface area contributed by atoms with Gasteiger partial charge in [0.1, 0.15) is 12.6 Å². The van der Waals surface area contributed by atoms with Crippen LogP contribution in [0, 0.1) is 0 Å². The van der Waals surface area contributed by atoms with Crippen molar-refractivity contribution in [3.8, 4) is 0 Å². The predicted octanol–water partition coefficient (Wildman–Crippen LogP) is 4.39. The summed E-state index contributed by atoms with van der Waals surface area (Å²) >= 11 is 6.05. The Morgan fingerprint density at radius 1 is 1.17 bits per heavy atom. The number of hydrogen-bond acceptors (Lipinski definition) is 4. The quantitative estimate of drug-likeness (QED) is 0.803. The second-order valence-electron chi connectivity index (χ2n) is 8.17. The minimum absolute atomic E-state index is 0.0346. The number of hydroxylamine groups is 2. The lowest BCUT2D eigenvalue weighted by molar-refractivity contribution is -0.399. The van der Waals surface area contributed by atoms with E-state index in [9.17, 15) is 0 Å². The van der Waals surface area contributed by atoms with Gasteiger partial charge in [0, 0.05) is 10.6 Å². The molecule has 0 amide bonds. The van der Waals surface area contributed by atoms with Crippen molar-refractivity contribution < 1.29 is 9.57 Å². The Bertz CT molecular complexity index is 633. The van der Waals surface area contributed by atoms with E-state index in [1.807, 2.05) is 29.3 Å².